The molecule has 0 heterocycles. The first kappa shape index (κ1) is 18.2. The molecule has 1 atom stereocenters. The zero-order chi connectivity index (χ0) is 15.1. The van der Waals surface area contributed by atoms with Crippen molar-refractivity contribution in [2.45, 2.75) is 19.9 Å². The maximum Gasteiger partial charge on any atom is 0.333 e. The van der Waals surface area contributed by atoms with Crippen LogP contribution < -0.4 is 4.74 Å². The van der Waals surface area contributed by atoms with Gasteiger partial charge in [-0.3, -0.25) is 4.90 Å². The SMILES string of the molecule is CCN(CC)C(C(=O)Oc1ccccc1)c1ccccc1.Cl. The molecule has 0 fully saturated rings. The fraction of sp³-hybridized carbons (Fsp3) is 0.278. The van der Waals surface area contributed by atoms with E-state index in [1.54, 1.807) is 12.1 Å². The summed E-state index contributed by atoms with van der Waals surface area (Å²) in [6.07, 6.45) is 0. The van der Waals surface area contributed by atoms with Gasteiger partial charge in [-0.1, -0.05) is 62.4 Å². The van der Waals surface area contributed by atoms with Crippen molar-refractivity contribution in [2.24, 2.45) is 0 Å². The molecule has 3 nitrogen and oxygen atoms in total. The fourth-order valence-corrected chi connectivity index (χ4v) is 2.38. The Morgan fingerprint density at radius 3 is 1.95 bits per heavy atom. The van der Waals surface area contributed by atoms with E-state index < -0.39 is 0 Å². The van der Waals surface area contributed by atoms with Crippen LogP contribution in [0.5, 0.6) is 5.75 Å². The van der Waals surface area contributed by atoms with Crippen LogP contribution >= 0.6 is 12.4 Å². The Bertz CT molecular complexity index is 556. The van der Waals surface area contributed by atoms with Crippen LogP contribution in [0.1, 0.15) is 25.5 Å². The van der Waals surface area contributed by atoms with Gasteiger partial charge in [-0.2, -0.15) is 0 Å². The number of halogens is 1. The van der Waals surface area contributed by atoms with Crippen molar-refractivity contribution < 1.29 is 9.53 Å². The number of nitrogens with zero attached hydrogens (tertiary/aromatic N) is 1. The molecule has 0 aliphatic heterocycles. The van der Waals surface area contributed by atoms with Crippen molar-refractivity contribution in [1.82, 2.24) is 4.90 Å². The second kappa shape index (κ2) is 9.23. The van der Waals surface area contributed by atoms with Gasteiger partial charge in [0.15, 0.2) is 0 Å². The number of ether oxygens (including phenoxy) is 1. The Morgan fingerprint density at radius 2 is 1.45 bits per heavy atom. The number of hydrogen-bond acceptors (Lipinski definition) is 3. The molecule has 0 aromatic heterocycles. The van der Waals surface area contributed by atoms with E-state index in [1.165, 1.54) is 0 Å². The molecule has 2 rings (SSSR count). The lowest BCUT2D eigenvalue weighted by Crippen LogP contribution is -2.36. The zero-order valence-electron chi connectivity index (χ0n) is 12.9. The van der Waals surface area contributed by atoms with Gasteiger partial charge in [-0.15, -0.1) is 12.4 Å². The Hall–Kier alpha value is -1.84. The number of carbonyl (C=O) groups excluding carboxylic acids is 1. The van der Waals surface area contributed by atoms with Gasteiger partial charge in [0.25, 0.3) is 0 Å². The monoisotopic (exact) mass is 319 g/mol. The van der Waals surface area contributed by atoms with E-state index in [0.717, 1.165) is 18.7 Å². The molecule has 0 saturated heterocycles. The molecule has 118 valence electrons. The minimum Gasteiger partial charge on any atom is -0.425 e. The predicted octanol–water partition coefficient (Wildman–Crippen LogP) is 4.10. The van der Waals surface area contributed by atoms with Crippen LogP contribution in [-0.4, -0.2) is 24.0 Å². The van der Waals surface area contributed by atoms with Crippen LogP contribution in [0.3, 0.4) is 0 Å². The van der Waals surface area contributed by atoms with Crippen LogP contribution in [0.25, 0.3) is 0 Å². The highest BCUT2D eigenvalue weighted by Crippen LogP contribution is 2.23. The summed E-state index contributed by atoms with van der Waals surface area (Å²) in [5, 5.41) is 0. The van der Waals surface area contributed by atoms with Crippen molar-refractivity contribution >= 4 is 18.4 Å². The summed E-state index contributed by atoms with van der Waals surface area (Å²) in [4.78, 5) is 14.7. The molecule has 0 aliphatic rings. The van der Waals surface area contributed by atoms with E-state index in [2.05, 4.69) is 18.7 Å². The topological polar surface area (TPSA) is 29.5 Å². The van der Waals surface area contributed by atoms with Crippen molar-refractivity contribution in [3.8, 4) is 5.75 Å². The lowest BCUT2D eigenvalue weighted by Gasteiger charge is -2.28. The summed E-state index contributed by atoms with van der Waals surface area (Å²) < 4.78 is 5.53. The summed E-state index contributed by atoms with van der Waals surface area (Å²) in [7, 11) is 0. The third-order valence-corrected chi connectivity index (χ3v) is 3.48. The third-order valence-electron chi connectivity index (χ3n) is 3.48. The largest absolute Gasteiger partial charge is 0.425 e. The molecule has 0 N–H and O–H groups in total. The smallest absolute Gasteiger partial charge is 0.333 e. The lowest BCUT2D eigenvalue weighted by atomic mass is 10.1. The Morgan fingerprint density at radius 1 is 0.955 bits per heavy atom. The number of hydrogen-bond donors (Lipinski definition) is 0. The standard InChI is InChI=1S/C18H21NO2.ClH/c1-3-19(4-2)17(15-11-7-5-8-12-15)18(20)21-16-13-9-6-10-14-16;/h5-14,17H,3-4H2,1-2H3;1H. The summed E-state index contributed by atoms with van der Waals surface area (Å²) in [6.45, 7) is 5.68. The second-order valence-corrected chi connectivity index (χ2v) is 4.77. The third kappa shape index (κ3) is 4.58. The molecular formula is C18H22ClNO2. The average molecular weight is 320 g/mol. The molecule has 0 saturated carbocycles. The van der Waals surface area contributed by atoms with Crippen LogP contribution in [0.2, 0.25) is 0 Å². The summed E-state index contributed by atoms with van der Waals surface area (Å²) in [5.41, 5.74) is 0.960. The molecule has 22 heavy (non-hydrogen) atoms. The van der Waals surface area contributed by atoms with Crippen molar-refractivity contribution in [1.29, 1.82) is 0 Å². The molecule has 0 spiro atoms. The van der Waals surface area contributed by atoms with E-state index in [9.17, 15) is 4.79 Å². The minimum absolute atomic E-state index is 0. The van der Waals surface area contributed by atoms with Gasteiger partial charge in [-0.25, -0.2) is 4.79 Å². The van der Waals surface area contributed by atoms with Crippen LogP contribution in [-0.2, 0) is 4.79 Å². The first-order chi connectivity index (χ1) is 10.3. The van der Waals surface area contributed by atoms with Crippen LogP contribution in [0.4, 0.5) is 0 Å². The van der Waals surface area contributed by atoms with Gasteiger partial charge in [0, 0.05) is 0 Å². The van der Waals surface area contributed by atoms with Crippen LogP contribution in [0.15, 0.2) is 60.7 Å². The first-order valence-corrected chi connectivity index (χ1v) is 7.32. The number of carbonyl (C=O) groups is 1. The van der Waals surface area contributed by atoms with Crippen molar-refractivity contribution in [3.05, 3.63) is 66.2 Å². The quantitative estimate of drug-likeness (QED) is 0.593. The number of esters is 1. The van der Waals surface area contributed by atoms with Gasteiger partial charge < -0.3 is 4.74 Å². The Kier molecular flexibility index (Phi) is 7.64. The van der Waals surface area contributed by atoms with E-state index in [0.29, 0.717) is 5.75 Å². The average Bonchev–Trinajstić information content (AvgIpc) is 2.54. The molecule has 0 radical (unpaired) electrons. The normalized spacial score (nSPS) is 11.6. The van der Waals surface area contributed by atoms with Gasteiger partial charge in [0.05, 0.1) is 0 Å². The van der Waals surface area contributed by atoms with E-state index in [1.807, 2.05) is 48.5 Å². The van der Waals surface area contributed by atoms with Gasteiger partial charge in [0.2, 0.25) is 0 Å². The number of para-hydroxylation sites is 1. The van der Waals surface area contributed by atoms with Gasteiger partial charge >= 0.3 is 5.97 Å². The highest BCUT2D eigenvalue weighted by atomic mass is 35.5. The maximum absolute atomic E-state index is 12.6. The molecule has 1 unspecified atom stereocenters. The minimum atomic E-state index is -0.374. The number of rotatable bonds is 6. The fourth-order valence-electron chi connectivity index (χ4n) is 2.38. The van der Waals surface area contributed by atoms with Crippen molar-refractivity contribution in [2.75, 3.05) is 13.1 Å². The molecular weight excluding hydrogens is 298 g/mol. The Balaban J connectivity index is 0.00000242. The van der Waals surface area contributed by atoms with E-state index in [4.69, 9.17) is 4.74 Å². The van der Waals surface area contributed by atoms with E-state index >= 15 is 0 Å². The molecule has 0 bridgehead atoms. The molecule has 2 aromatic carbocycles. The number of benzene rings is 2. The highest BCUT2D eigenvalue weighted by Gasteiger charge is 2.27. The molecule has 0 amide bonds. The Labute approximate surface area is 138 Å². The zero-order valence-corrected chi connectivity index (χ0v) is 13.8. The van der Waals surface area contributed by atoms with Crippen LogP contribution in [0, 0.1) is 0 Å². The van der Waals surface area contributed by atoms with E-state index in [-0.39, 0.29) is 24.4 Å². The molecule has 2 aromatic rings. The van der Waals surface area contributed by atoms with Gasteiger partial charge in [0.1, 0.15) is 11.8 Å². The molecule has 4 heteroatoms. The molecule has 0 aliphatic carbocycles. The van der Waals surface area contributed by atoms with Gasteiger partial charge in [-0.05, 0) is 30.8 Å². The highest BCUT2D eigenvalue weighted by molar-refractivity contribution is 5.85. The second-order valence-electron chi connectivity index (χ2n) is 4.77. The lowest BCUT2D eigenvalue weighted by molar-refractivity contribution is -0.140. The predicted molar refractivity (Wildman–Crippen MR) is 91.4 cm³/mol. The first-order valence-electron chi connectivity index (χ1n) is 7.32. The van der Waals surface area contributed by atoms with Crippen molar-refractivity contribution in [3.63, 3.8) is 0 Å². The summed E-state index contributed by atoms with van der Waals surface area (Å²) >= 11 is 0. The summed E-state index contributed by atoms with van der Waals surface area (Å²) in [5.74, 6) is 0.340. The maximum atomic E-state index is 12.6. The summed E-state index contributed by atoms with van der Waals surface area (Å²) in [6, 6.07) is 18.6. The number of likely N-dealkylation sites (N-methyl/N-ethyl adjacent to an activating group) is 1.